The van der Waals surface area contributed by atoms with E-state index in [0.29, 0.717) is 20.9 Å². The van der Waals surface area contributed by atoms with Crippen LogP contribution in [-0.4, -0.2) is 15.5 Å². The first-order chi connectivity index (χ1) is 13.5. The zero-order valence-electron chi connectivity index (χ0n) is 15.0. The highest BCUT2D eigenvalue weighted by Crippen LogP contribution is 2.35. The summed E-state index contributed by atoms with van der Waals surface area (Å²) in [5.74, 6) is -0.321. The number of nitrogens with zero attached hydrogens (tertiary/aromatic N) is 2. The molecule has 140 valence electrons. The van der Waals surface area contributed by atoms with E-state index < -0.39 is 0 Å². The normalized spacial score (nSPS) is 10.9. The van der Waals surface area contributed by atoms with E-state index in [0.717, 1.165) is 16.0 Å². The lowest BCUT2D eigenvalue weighted by Gasteiger charge is -2.08. The highest BCUT2D eigenvalue weighted by atomic mass is 35.5. The van der Waals surface area contributed by atoms with Crippen molar-refractivity contribution in [3.05, 3.63) is 81.2 Å². The monoisotopic (exact) mass is 409 g/mol. The van der Waals surface area contributed by atoms with Gasteiger partial charge in [0.1, 0.15) is 11.4 Å². The second-order valence-corrected chi connectivity index (χ2v) is 7.96. The average Bonchev–Trinajstić information content (AvgIpc) is 3.01. The number of benzene rings is 2. The second-order valence-electron chi connectivity index (χ2n) is 6.32. The Balaban J connectivity index is 1.70. The summed E-state index contributed by atoms with van der Waals surface area (Å²) >= 11 is 7.42. The van der Waals surface area contributed by atoms with Crippen LogP contribution < -0.4 is 10.9 Å². The topological polar surface area (TPSA) is 64.0 Å². The molecule has 0 spiro atoms. The number of carbonyl (C=O) groups is 1. The number of anilines is 1. The Morgan fingerprint density at radius 3 is 2.71 bits per heavy atom. The van der Waals surface area contributed by atoms with Crippen LogP contribution >= 0.6 is 22.9 Å². The Kier molecular flexibility index (Phi) is 4.98. The Morgan fingerprint density at radius 1 is 1.18 bits per heavy atom. The highest BCUT2D eigenvalue weighted by Gasteiger charge is 2.17. The van der Waals surface area contributed by atoms with E-state index in [1.807, 2.05) is 37.3 Å². The van der Waals surface area contributed by atoms with E-state index in [2.05, 4.69) is 10.3 Å². The van der Waals surface area contributed by atoms with Gasteiger partial charge in [-0.05, 0) is 30.7 Å². The lowest BCUT2D eigenvalue weighted by Crippen LogP contribution is -2.27. The van der Waals surface area contributed by atoms with Gasteiger partial charge in [-0.1, -0.05) is 48.0 Å². The molecule has 4 rings (SSSR count). The Morgan fingerprint density at radius 2 is 1.96 bits per heavy atom. The van der Waals surface area contributed by atoms with E-state index in [9.17, 15) is 9.59 Å². The third kappa shape index (κ3) is 3.56. The van der Waals surface area contributed by atoms with Gasteiger partial charge in [0, 0.05) is 21.2 Å². The molecule has 2 aromatic heterocycles. The van der Waals surface area contributed by atoms with Crippen LogP contribution in [0.3, 0.4) is 0 Å². The molecule has 4 aromatic rings. The number of amides is 1. The van der Waals surface area contributed by atoms with Crippen LogP contribution in [0.1, 0.15) is 4.88 Å². The fourth-order valence-corrected chi connectivity index (χ4v) is 4.32. The van der Waals surface area contributed by atoms with Gasteiger partial charge in [0.2, 0.25) is 5.91 Å². The van der Waals surface area contributed by atoms with E-state index >= 15 is 0 Å². The van der Waals surface area contributed by atoms with Crippen molar-refractivity contribution in [3.63, 3.8) is 0 Å². The Bertz CT molecular complexity index is 1230. The van der Waals surface area contributed by atoms with Crippen molar-refractivity contribution in [2.45, 2.75) is 13.5 Å². The maximum Gasteiger partial charge on any atom is 0.263 e. The van der Waals surface area contributed by atoms with E-state index in [-0.39, 0.29) is 18.0 Å². The number of halogens is 1. The summed E-state index contributed by atoms with van der Waals surface area (Å²) in [4.78, 5) is 31.6. The minimum atomic E-state index is -0.321. The number of hydrogen-bond donors (Lipinski definition) is 1. The van der Waals surface area contributed by atoms with Crippen LogP contribution in [0.25, 0.3) is 21.3 Å². The van der Waals surface area contributed by atoms with E-state index in [1.165, 1.54) is 22.2 Å². The van der Waals surface area contributed by atoms with Gasteiger partial charge >= 0.3 is 0 Å². The van der Waals surface area contributed by atoms with Gasteiger partial charge in [-0.15, -0.1) is 11.3 Å². The number of hydrogen-bond acceptors (Lipinski definition) is 4. The van der Waals surface area contributed by atoms with Crippen molar-refractivity contribution in [1.29, 1.82) is 0 Å². The first-order valence-electron chi connectivity index (χ1n) is 8.62. The highest BCUT2D eigenvalue weighted by molar-refractivity contribution is 7.19. The SMILES string of the molecule is Cc1sc2ncn(CC(=O)Nc3cccc(Cl)c3)c(=O)c2c1-c1ccccc1. The van der Waals surface area contributed by atoms with Crippen LogP contribution in [0.15, 0.2) is 65.7 Å². The minimum absolute atomic E-state index is 0.128. The van der Waals surface area contributed by atoms with Crippen molar-refractivity contribution in [3.8, 4) is 11.1 Å². The molecule has 0 atom stereocenters. The molecule has 0 radical (unpaired) electrons. The summed E-state index contributed by atoms with van der Waals surface area (Å²) in [7, 11) is 0. The predicted octanol–water partition coefficient (Wildman–Crippen LogP) is 4.73. The fraction of sp³-hybridized carbons (Fsp3) is 0.0952. The Hall–Kier alpha value is -2.96. The van der Waals surface area contributed by atoms with Crippen LogP contribution in [0.2, 0.25) is 5.02 Å². The molecule has 0 aliphatic rings. The third-order valence-electron chi connectivity index (χ3n) is 4.34. The molecule has 7 heteroatoms. The number of thiophene rings is 1. The number of rotatable bonds is 4. The van der Waals surface area contributed by atoms with Crippen LogP contribution in [0, 0.1) is 6.92 Å². The van der Waals surface area contributed by atoms with Crippen molar-refractivity contribution >= 4 is 44.7 Å². The van der Waals surface area contributed by atoms with Crippen molar-refractivity contribution in [2.75, 3.05) is 5.32 Å². The first-order valence-corrected chi connectivity index (χ1v) is 9.82. The zero-order chi connectivity index (χ0) is 19.7. The van der Waals surface area contributed by atoms with Gasteiger partial charge in [-0.25, -0.2) is 4.98 Å². The molecule has 2 heterocycles. The summed E-state index contributed by atoms with van der Waals surface area (Å²) in [6.07, 6.45) is 1.42. The van der Waals surface area contributed by atoms with Crippen molar-refractivity contribution < 1.29 is 4.79 Å². The molecular weight excluding hydrogens is 394 g/mol. The molecule has 0 aliphatic heterocycles. The maximum atomic E-state index is 13.1. The van der Waals surface area contributed by atoms with E-state index in [4.69, 9.17) is 11.6 Å². The smallest absolute Gasteiger partial charge is 0.263 e. The average molecular weight is 410 g/mol. The molecule has 1 N–H and O–H groups in total. The molecule has 0 fully saturated rings. The summed E-state index contributed by atoms with van der Waals surface area (Å²) in [6, 6.07) is 16.6. The summed E-state index contributed by atoms with van der Waals surface area (Å²) in [5, 5.41) is 3.82. The number of carbonyl (C=O) groups excluding carboxylic acids is 1. The van der Waals surface area contributed by atoms with Crippen LogP contribution in [0.4, 0.5) is 5.69 Å². The van der Waals surface area contributed by atoms with Gasteiger partial charge < -0.3 is 5.32 Å². The summed E-state index contributed by atoms with van der Waals surface area (Å²) < 4.78 is 1.33. The Labute approximate surface area is 170 Å². The molecule has 0 bridgehead atoms. The quantitative estimate of drug-likeness (QED) is 0.530. The van der Waals surface area contributed by atoms with Gasteiger partial charge in [-0.3, -0.25) is 14.2 Å². The van der Waals surface area contributed by atoms with Crippen LogP contribution in [0.5, 0.6) is 0 Å². The van der Waals surface area contributed by atoms with Gasteiger partial charge in [0.05, 0.1) is 11.7 Å². The molecule has 0 unspecified atom stereocenters. The zero-order valence-corrected chi connectivity index (χ0v) is 16.6. The van der Waals surface area contributed by atoms with Crippen molar-refractivity contribution in [1.82, 2.24) is 9.55 Å². The largest absolute Gasteiger partial charge is 0.324 e. The summed E-state index contributed by atoms with van der Waals surface area (Å²) in [5.41, 5.74) is 2.19. The predicted molar refractivity (Wildman–Crippen MR) is 114 cm³/mol. The lowest BCUT2D eigenvalue weighted by atomic mass is 10.0. The molecule has 28 heavy (non-hydrogen) atoms. The van der Waals surface area contributed by atoms with Crippen LogP contribution in [-0.2, 0) is 11.3 Å². The molecular formula is C21H16ClN3O2S. The van der Waals surface area contributed by atoms with Gasteiger partial charge in [-0.2, -0.15) is 0 Å². The lowest BCUT2D eigenvalue weighted by molar-refractivity contribution is -0.116. The number of fused-ring (bicyclic) bond motifs is 1. The molecule has 5 nitrogen and oxygen atoms in total. The van der Waals surface area contributed by atoms with Gasteiger partial charge in [0.15, 0.2) is 0 Å². The molecule has 0 saturated carbocycles. The molecule has 0 aliphatic carbocycles. The molecule has 2 aromatic carbocycles. The molecule has 1 amide bonds. The number of nitrogens with one attached hydrogen (secondary N) is 1. The molecule has 0 saturated heterocycles. The number of aromatic nitrogens is 2. The maximum absolute atomic E-state index is 13.1. The third-order valence-corrected chi connectivity index (χ3v) is 5.59. The summed E-state index contributed by atoms with van der Waals surface area (Å²) in [6.45, 7) is 1.85. The van der Waals surface area contributed by atoms with E-state index in [1.54, 1.807) is 24.3 Å². The van der Waals surface area contributed by atoms with Crippen molar-refractivity contribution in [2.24, 2.45) is 0 Å². The second kappa shape index (κ2) is 7.58. The first kappa shape index (κ1) is 18.4. The minimum Gasteiger partial charge on any atom is -0.324 e. The fourth-order valence-electron chi connectivity index (χ4n) is 3.12. The standard InChI is InChI=1S/C21H16ClN3O2S/c1-13-18(14-6-3-2-4-7-14)19-20(28-13)23-12-25(21(19)27)11-17(26)24-16-9-5-8-15(22)10-16/h2-10,12H,11H2,1H3,(H,24,26). The van der Waals surface area contributed by atoms with Gasteiger partial charge in [0.25, 0.3) is 5.56 Å². The number of aryl methyl sites for hydroxylation is 1.